The smallest absolute Gasteiger partial charge is 0.248 e. The van der Waals surface area contributed by atoms with Gasteiger partial charge in [-0.1, -0.05) is 31.4 Å². The molecule has 1 aromatic carbocycles. The molecule has 2 N–H and O–H groups in total. The van der Waals surface area contributed by atoms with Crippen molar-refractivity contribution in [1.82, 2.24) is 9.80 Å². The molecule has 0 radical (unpaired) electrons. The molecule has 1 unspecified atom stereocenters. The Morgan fingerprint density at radius 3 is 2.45 bits per heavy atom. The van der Waals surface area contributed by atoms with Gasteiger partial charge in [0.05, 0.1) is 6.26 Å². The fraction of sp³-hybridized carbons (Fsp3) is 0.720. The number of piperidine rings is 1. The monoisotopic (exact) mass is 477 g/mol. The van der Waals surface area contributed by atoms with Crippen molar-refractivity contribution in [3.63, 3.8) is 0 Å². The Kier molecular flexibility index (Phi) is 7.97. The Labute approximate surface area is 198 Å². The van der Waals surface area contributed by atoms with E-state index in [2.05, 4.69) is 15.7 Å². The number of aliphatic hydroxyl groups is 1. The van der Waals surface area contributed by atoms with Crippen LogP contribution < -0.4 is 4.72 Å². The second-order valence-corrected chi connectivity index (χ2v) is 12.0. The van der Waals surface area contributed by atoms with Crippen LogP contribution >= 0.6 is 0 Å². The average Bonchev–Trinajstić information content (AvgIpc) is 3.02. The minimum atomic E-state index is -3.29. The molecular weight excluding hydrogens is 438 g/mol. The molecule has 2 aliphatic heterocycles. The highest BCUT2D eigenvalue weighted by molar-refractivity contribution is 7.92. The summed E-state index contributed by atoms with van der Waals surface area (Å²) in [6.07, 6.45) is 11.9. The highest BCUT2D eigenvalue weighted by Crippen LogP contribution is 2.43. The molecule has 33 heavy (non-hydrogen) atoms. The van der Waals surface area contributed by atoms with Crippen LogP contribution in [0.4, 0.5) is 5.69 Å². The number of rotatable bonds is 9. The fourth-order valence-electron chi connectivity index (χ4n) is 6.32. The molecule has 3 aliphatic rings. The molecule has 8 heteroatoms. The third-order valence-electron chi connectivity index (χ3n) is 7.87. The Morgan fingerprint density at radius 1 is 1.12 bits per heavy atom. The molecule has 1 aliphatic carbocycles. The number of sulfonamides is 1. The number of hydrogen-bond acceptors (Lipinski definition) is 5. The van der Waals surface area contributed by atoms with Gasteiger partial charge in [0, 0.05) is 37.4 Å². The van der Waals surface area contributed by atoms with Crippen molar-refractivity contribution in [3.05, 3.63) is 29.8 Å². The predicted octanol–water partition coefficient (Wildman–Crippen LogP) is 3.17. The summed E-state index contributed by atoms with van der Waals surface area (Å²) in [6.45, 7) is 1.95. The minimum Gasteiger partial charge on any atom is -0.387 e. The number of benzene rings is 1. The Balaban J connectivity index is 1.36. The molecule has 1 aromatic rings. The number of aliphatic hydroxyl groups excluding tert-OH is 1. The molecule has 1 saturated carbocycles. The van der Waals surface area contributed by atoms with Crippen molar-refractivity contribution in [2.24, 2.45) is 5.92 Å². The summed E-state index contributed by atoms with van der Waals surface area (Å²) in [4.78, 5) is 16.9. The number of fused-ring (bicyclic) bond motifs is 2. The van der Waals surface area contributed by atoms with Gasteiger partial charge >= 0.3 is 0 Å². The van der Waals surface area contributed by atoms with Gasteiger partial charge in [0.1, 0.15) is 6.61 Å². The van der Waals surface area contributed by atoms with Gasteiger partial charge in [-0.3, -0.25) is 14.4 Å². The van der Waals surface area contributed by atoms with E-state index in [1.54, 1.807) is 6.07 Å². The third kappa shape index (κ3) is 6.49. The van der Waals surface area contributed by atoms with E-state index in [1.165, 1.54) is 56.8 Å². The van der Waals surface area contributed by atoms with Gasteiger partial charge in [0.2, 0.25) is 15.9 Å². The van der Waals surface area contributed by atoms with Gasteiger partial charge < -0.3 is 10.0 Å². The van der Waals surface area contributed by atoms with E-state index in [0.29, 0.717) is 36.2 Å². The van der Waals surface area contributed by atoms with Gasteiger partial charge in [0.15, 0.2) is 0 Å². The van der Waals surface area contributed by atoms with Crippen LogP contribution in [0.25, 0.3) is 0 Å². The number of nitrogens with zero attached hydrogens (tertiary/aromatic N) is 2. The molecule has 2 saturated heterocycles. The molecular formula is C25H39N3O4S. The topological polar surface area (TPSA) is 90.0 Å². The van der Waals surface area contributed by atoms with Crippen LogP contribution in [0.1, 0.15) is 69.3 Å². The van der Waals surface area contributed by atoms with Crippen LogP contribution in [0, 0.1) is 5.92 Å². The van der Waals surface area contributed by atoms with E-state index in [4.69, 9.17) is 0 Å². The van der Waals surface area contributed by atoms with E-state index in [9.17, 15) is 18.3 Å². The van der Waals surface area contributed by atoms with E-state index >= 15 is 0 Å². The standard InChI is InChI=1S/C25H39N3O4S/c1-33(31,32)26-22-9-5-8-20(14-22)21-15-23-10-11-24(16-21)28(23)13-12-27(25(30)18-29)17-19-6-3-2-4-7-19/h5,8-9,14,19,21,23-24,26,29H,2-4,6-7,10-13,15-18H2,1H3/t21?,23-,24+. The molecule has 1 amide bonds. The maximum atomic E-state index is 12.4. The van der Waals surface area contributed by atoms with Crippen molar-refractivity contribution in [2.75, 3.05) is 37.2 Å². The lowest BCUT2D eigenvalue weighted by molar-refractivity contribution is -0.135. The van der Waals surface area contributed by atoms with Crippen LogP contribution in [0.3, 0.4) is 0 Å². The maximum absolute atomic E-state index is 12.4. The van der Waals surface area contributed by atoms with E-state index < -0.39 is 16.6 Å². The van der Waals surface area contributed by atoms with Crippen LogP contribution in [-0.4, -0.2) is 73.8 Å². The number of nitrogens with one attached hydrogen (secondary N) is 1. The normalized spacial score (nSPS) is 26.3. The van der Waals surface area contributed by atoms with Crippen molar-refractivity contribution >= 4 is 21.6 Å². The molecule has 2 heterocycles. The summed E-state index contributed by atoms with van der Waals surface area (Å²) in [7, 11) is -3.29. The van der Waals surface area contributed by atoms with Crippen LogP contribution in [0.5, 0.6) is 0 Å². The summed E-state index contributed by atoms with van der Waals surface area (Å²) in [5.74, 6) is 0.861. The first-order valence-corrected chi connectivity index (χ1v) is 14.4. The first-order chi connectivity index (χ1) is 15.8. The quantitative estimate of drug-likeness (QED) is 0.570. The summed E-state index contributed by atoms with van der Waals surface area (Å²) < 4.78 is 25.8. The summed E-state index contributed by atoms with van der Waals surface area (Å²) in [5.41, 5.74) is 1.83. The highest BCUT2D eigenvalue weighted by Gasteiger charge is 2.41. The van der Waals surface area contributed by atoms with Gasteiger partial charge in [-0.05, 0) is 68.1 Å². The zero-order valence-electron chi connectivity index (χ0n) is 19.8. The van der Waals surface area contributed by atoms with Crippen LogP contribution in [0.2, 0.25) is 0 Å². The molecule has 3 fully saturated rings. The highest BCUT2D eigenvalue weighted by atomic mass is 32.2. The second kappa shape index (κ2) is 10.7. The third-order valence-corrected chi connectivity index (χ3v) is 8.47. The lowest BCUT2D eigenvalue weighted by Gasteiger charge is -2.40. The predicted molar refractivity (Wildman–Crippen MR) is 131 cm³/mol. The van der Waals surface area contributed by atoms with Crippen molar-refractivity contribution < 1.29 is 18.3 Å². The largest absolute Gasteiger partial charge is 0.387 e. The zero-order chi connectivity index (χ0) is 23.4. The first-order valence-electron chi connectivity index (χ1n) is 12.5. The van der Waals surface area contributed by atoms with E-state index in [0.717, 1.165) is 25.9 Å². The molecule has 4 rings (SSSR count). The molecule has 3 atom stereocenters. The SMILES string of the molecule is CS(=O)(=O)Nc1cccc(C2C[C@H]3CC[C@@H](C2)N3CCN(CC2CCCCC2)C(=O)CO)c1. The Bertz CT molecular complexity index is 902. The van der Waals surface area contributed by atoms with E-state index in [-0.39, 0.29) is 5.91 Å². The Morgan fingerprint density at radius 2 is 1.82 bits per heavy atom. The number of anilines is 1. The molecule has 0 spiro atoms. The molecule has 184 valence electrons. The zero-order valence-corrected chi connectivity index (χ0v) is 20.6. The lowest BCUT2D eigenvalue weighted by Crippen LogP contribution is -2.48. The van der Waals surface area contributed by atoms with Crippen LogP contribution in [0.15, 0.2) is 24.3 Å². The van der Waals surface area contributed by atoms with Gasteiger partial charge in [-0.15, -0.1) is 0 Å². The van der Waals surface area contributed by atoms with Crippen LogP contribution in [-0.2, 0) is 14.8 Å². The number of amides is 1. The summed E-state index contributed by atoms with van der Waals surface area (Å²) >= 11 is 0. The summed E-state index contributed by atoms with van der Waals surface area (Å²) in [5, 5.41) is 9.49. The maximum Gasteiger partial charge on any atom is 0.248 e. The van der Waals surface area contributed by atoms with E-state index in [1.807, 2.05) is 17.0 Å². The number of carbonyl (C=O) groups excluding carboxylic acids is 1. The minimum absolute atomic E-state index is 0.141. The van der Waals surface area contributed by atoms with Crippen molar-refractivity contribution in [2.45, 2.75) is 75.8 Å². The fourth-order valence-corrected chi connectivity index (χ4v) is 6.87. The molecule has 7 nitrogen and oxygen atoms in total. The van der Waals surface area contributed by atoms with Gasteiger partial charge in [-0.25, -0.2) is 8.42 Å². The molecule has 0 aromatic heterocycles. The number of carbonyl (C=O) groups is 1. The van der Waals surface area contributed by atoms with Gasteiger partial charge in [-0.2, -0.15) is 0 Å². The second-order valence-electron chi connectivity index (χ2n) is 10.3. The summed E-state index contributed by atoms with van der Waals surface area (Å²) in [6, 6.07) is 8.82. The average molecular weight is 478 g/mol. The molecule has 2 bridgehead atoms. The first kappa shape index (κ1) is 24.5. The Hall–Kier alpha value is -1.64. The van der Waals surface area contributed by atoms with Gasteiger partial charge in [0.25, 0.3) is 0 Å². The lowest BCUT2D eigenvalue weighted by atomic mass is 9.85. The van der Waals surface area contributed by atoms with Crippen molar-refractivity contribution in [1.29, 1.82) is 0 Å². The van der Waals surface area contributed by atoms with Crippen molar-refractivity contribution in [3.8, 4) is 0 Å². The number of hydrogen-bond donors (Lipinski definition) is 2.